The number of pyridine rings is 2. The van der Waals surface area contributed by atoms with Crippen molar-refractivity contribution in [3.05, 3.63) is 48.3 Å². The Morgan fingerprint density at radius 1 is 0.812 bits per heavy atom. The fraction of sp³-hybridized carbons (Fsp3) is 0. The van der Waals surface area contributed by atoms with Gasteiger partial charge in [-0.15, -0.1) is 0 Å². The van der Waals surface area contributed by atoms with E-state index in [2.05, 4.69) is 9.97 Å². The first-order valence-corrected chi connectivity index (χ1v) is 6.47. The Labute approximate surface area is 98.9 Å². The highest BCUT2D eigenvalue weighted by Crippen LogP contribution is 2.35. The molecule has 0 atom stereocenters. The fourth-order valence-electron chi connectivity index (χ4n) is 0.947. The number of halogens is 2. The Bertz CT molecular complexity index is 448. The summed E-state index contributed by atoms with van der Waals surface area (Å²) in [5.41, 5.74) is 0. The molecule has 82 valence electrons. The molecule has 0 bridgehead atoms. The van der Waals surface area contributed by atoms with Gasteiger partial charge in [0.15, 0.2) is 0 Å². The molecule has 0 aliphatic rings. The Morgan fingerprint density at radius 2 is 1.25 bits per heavy atom. The van der Waals surface area contributed by atoms with Gasteiger partial charge in [-0.25, -0.2) is 18.7 Å². The van der Waals surface area contributed by atoms with Crippen LogP contribution in [0.15, 0.2) is 46.7 Å². The van der Waals surface area contributed by atoms with Crippen molar-refractivity contribution in [2.75, 3.05) is 0 Å². The molecule has 0 unspecified atom stereocenters. The zero-order valence-corrected chi connectivity index (χ0v) is 9.56. The molecule has 0 aliphatic heterocycles. The predicted octanol–water partition coefficient (Wildman–Crippen LogP) is 3.55. The summed E-state index contributed by atoms with van der Waals surface area (Å²) in [5.74, 6) is -0.685. The molecule has 16 heavy (non-hydrogen) atoms. The molecule has 2 nitrogen and oxygen atoms in total. The van der Waals surface area contributed by atoms with Gasteiger partial charge in [-0.2, -0.15) is 0 Å². The molecule has 0 radical (unpaired) electrons. The molecule has 0 N–H and O–H groups in total. The standard InChI is InChI=1S/C10H6F2N2S2/c11-7-1-3-13-9(5-7)15-16-10-6-8(12)2-4-14-10/h1-6H. The van der Waals surface area contributed by atoms with Crippen LogP contribution >= 0.6 is 21.6 Å². The van der Waals surface area contributed by atoms with E-state index >= 15 is 0 Å². The molecule has 0 saturated carbocycles. The Morgan fingerprint density at radius 3 is 1.62 bits per heavy atom. The van der Waals surface area contributed by atoms with Crippen LogP contribution in [0.25, 0.3) is 0 Å². The lowest BCUT2D eigenvalue weighted by atomic mass is 10.5. The van der Waals surface area contributed by atoms with Crippen molar-refractivity contribution in [2.24, 2.45) is 0 Å². The van der Waals surface area contributed by atoms with Gasteiger partial charge in [0, 0.05) is 24.5 Å². The van der Waals surface area contributed by atoms with E-state index < -0.39 is 0 Å². The van der Waals surface area contributed by atoms with Crippen molar-refractivity contribution in [1.29, 1.82) is 0 Å². The Balaban J connectivity index is 2.02. The second-order valence-electron chi connectivity index (χ2n) is 2.79. The normalized spacial score (nSPS) is 10.4. The van der Waals surface area contributed by atoms with Crippen LogP contribution in [0.3, 0.4) is 0 Å². The Kier molecular flexibility index (Phi) is 3.74. The van der Waals surface area contributed by atoms with Crippen molar-refractivity contribution in [1.82, 2.24) is 9.97 Å². The van der Waals surface area contributed by atoms with Gasteiger partial charge >= 0.3 is 0 Å². The number of rotatable bonds is 3. The lowest BCUT2D eigenvalue weighted by molar-refractivity contribution is 0.619. The van der Waals surface area contributed by atoms with Crippen LogP contribution in [-0.2, 0) is 0 Å². The summed E-state index contributed by atoms with van der Waals surface area (Å²) >= 11 is 0. The third kappa shape index (κ3) is 3.18. The van der Waals surface area contributed by atoms with E-state index in [9.17, 15) is 8.78 Å². The maximum atomic E-state index is 12.8. The summed E-state index contributed by atoms with van der Waals surface area (Å²) in [6, 6.07) is 5.18. The maximum absolute atomic E-state index is 12.8. The topological polar surface area (TPSA) is 25.8 Å². The van der Waals surface area contributed by atoms with Gasteiger partial charge in [-0.05, 0) is 33.7 Å². The number of aromatic nitrogens is 2. The van der Waals surface area contributed by atoms with E-state index in [1.165, 1.54) is 58.2 Å². The lowest BCUT2D eigenvalue weighted by Gasteiger charge is -1.99. The molecular weight excluding hydrogens is 250 g/mol. The van der Waals surface area contributed by atoms with Crippen LogP contribution < -0.4 is 0 Å². The SMILES string of the molecule is Fc1ccnc(SSc2cc(F)ccn2)c1. The third-order valence-corrected chi connectivity index (χ3v) is 3.75. The summed E-state index contributed by atoms with van der Waals surface area (Å²) in [5, 5.41) is 1.05. The van der Waals surface area contributed by atoms with Gasteiger partial charge in [-0.3, -0.25) is 0 Å². The van der Waals surface area contributed by atoms with Crippen LogP contribution in [0.4, 0.5) is 8.78 Å². The second kappa shape index (κ2) is 5.27. The van der Waals surface area contributed by atoms with E-state index in [4.69, 9.17) is 0 Å². The minimum Gasteiger partial charge on any atom is -0.249 e. The van der Waals surface area contributed by atoms with Crippen LogP contribution in [0, 0.1) is 11.6 Å². The van der Waals surface area contributed by atoms with E-state index in [0.717, 1.165) is 0 Å². The van der Waals surface area contributed by atoms with E-state index in [1.54, 1.807) is 0 Å². The zero-order chi connectivity index (χ0) is 11.4. The lowest BCUT2D eigenvalue weighted by Crippen LogP contribution is -1.81. The molecule has 0 aliphatic carbocycles. The molecule has 0 saturated heterocycles. The number of hydrogen-bond acceptors (Lipinski definition) is 4. The monoisotopic (exact) mass is 256 g/mol. The van der Waals surface area contributed by atoms with Crippen LogP contribution in [0.5, 0.6) is 0 Å². The van der Waals surface area contributed by atoms with E-state index in [1.807, 2.05) is 0 Å². The zero-order valence-electron chi connectivity index (χ0n) is 7.93. The molecule has 0 amide bonds. The molecule has 2 aromatic heterocycles. The summed E-state index contributed by atoms with van der Waals surface area (Å²) in [4.78, 5) is 7.92. The van der Waals surface area contributed by atoms with Gasteiger partial charge < -0.3 is 0 Å². The summed E-state index contributed by atoms with van der Waals surface area (Å²) in [6.07, 6.45) is 2.77. The molecule has 0 fully saturated rings. The fourth-order valence-corrected chi connectivity index (χ4v) is 2.71. The van der Waals surface area contributed by atoms with Gasteiger partial charge in [-0.1, -0.05) is 0 Å². The summed E-state index contributed by atoms with van der Waals surface area (Å²) < 4.78 is 25.6. The average Bonchev–Trinajstić information content (AvgIpc) is 2.27. The number of nitrogens with zero attached hydrogens (tertiary/aromatic N) is 2. The van der Waals surface area contributed by atoms with Gasteiger partial charge in [0.1, 0.15) is 21.7 Å². The second-order valence-corrected chi connectivity index (χ2v) is 4.96. The predicted molar refractivity (Wildman–Crippen MR) is 60.1 cm³/mol. The third-order valence-electron chi connectivity index (χ3n) is 1.61. The first-order chi connectivity index (χ1) is 7.74. The smallest absolute Gasteiger partial charge is 0.127 e. The highest BCUT2D eigenvalue weighted by molar-refractivity contribution is 8.76. The van der Waals surface area contributed by atoms with Crippen LogP contribution in [-0.4, -0.2) is 9.97 Å². The van der Waals surface area contributed by atoms with Gasteiger partial charge in [0.05, 0.1) is 0 Å². The van der Waals surface area contributed by atoms with Crippen molar-refractivity contribution < 1.29 is 8.78 Å². The molecule has 0 aromatic carbocycles. The van der Waals surface area contributed by atoms with Crippen molar-refractivity contribution in [3.8, 4) is 0 Å². The maximum Gasteiger partial charge on any atom is 0.127 e. The molecular formula is C10H6F2N2S2. The molecule has 0 spiro atoms. The van der Waals surface area contributed by atoms with Gasteiger partial charge in [0.25, 0.3) is 0 Å². The van der Waals surface area contributed by atoms with Crippen molar-refractivity contribution >= 4 is 21.6 Å². The largest absolute Gasteiger partial charge is 0.249 e. The molecule has 2 heterocycles. The molecule has 2 rings (SSSR count). The highest BCUT2D eigenvalue weighted by Gasteiger charge is 2.02. The van der Waals surface area contributed by atoms with Crippen LogP contribution in [0.1, 0.15) is 0 Å². The highest BCUT2D eigenvalue weighted by atomic mass is 33.1. The first kappa shape index (κ1) is 11.3. The number of hydrogen-bond donors (Lipinski definition) is 0. The average molecular weight is 256 g/mol. The van der Waals surface area contributed by atoms with Crippen LogP contribution in [0.2, 0.25) is 0 Å². The van der Waals surface area contributed by atoms with Gasteiger partial charge in [0.2, 0.25) is 0 Å². The quantitative estimate of drug-likeness (QED) is 0.784. The molecule has 6 heteroatoms. The minimum absolute atomic E-state index is 0.342. The Hall–Kier alpha value is -1.14. The first-order valence-electron chi connectivity index (χ1n) is 4.32. The van der Waals surface area contributed by atoms with Crippen molar-refractivity contribution in [3.63, 3.8) is 0 Å². The summed E-state index contributed by atoms with van der Waals surface area (Å²) in [7, 11) is 2.47. The molecule has 2 aromatic rings. The minimum atomic E-state index is -0.342. The van der Waals surface area contributed by atoms with Crippen molar-refractivity contribution in [2.45, 2.75) is 10.1 Å². The van der Waals surface area contributed by atoms with E-state index in [0.29, 0.717) is 10.1 Å². The van der Waals surface area contributed by atoms with E-state index in [-0.39, 0.29) is 11.6 Å². The summed E-state index contributed by atoms with van der Waals surface area (Å²) in [6.45, 7) is 0.